The van der Waals surface area contributed by atoms with Crippen molar-refractivity contribution in [2.75, 3.05) is 0 Å². The number of carbonyl (C=O) groups is 1. The van der Waals surface area contributed by atoms with Crippen molar-refractivity contribution >= 4 is 33.4 Å². The first-order chi connectivity index (χ1) is 9.08. The van der Waals surface area contributed by atoms with Crippen molar-refractivity contribution in [2.24, 2.45) is 0 Å². The van der Waals surface area contributed by atoms with Crippen LogP contribution in [0, 0.1) is 0 Å². The van der Waals surface area contributed by atoms with Crippen molar-refractivity contribution in [3.63, 3.8) is 0 Å². The number of nitrogens with one attached hydrogen (secondary N) is 1. The van der Waals surface area contributed by atoms with Crippen LogP contribution >= 0.6 is 27.5 Å². The van der Waals surface area contributed by atoms with Gasteiger partial charge in [-0.15, -0.1) is 0 Å². The number of aromatic nitrogens is 1. The molecule has 0 bridgehead atoms. The molecule has 0 spiro atoms. The number of benzene rings is 1. The van der Waals surface area contributed by atoms with Crippen LogP contribution in [0.5, 0.6) is 0 Å². The molecule has 0 radical (unpaired) electrons. The van der Waals surface area contributed by atoms with Crippen LogP contribution in [-0.2, 0) is 0 Å². The van der Waals surface area contributed by atoms with Crippen molar-refractivity contribution in [1.82, 2.24) is 10.3 Å². The van der Waals surface area contributed by atoms with Gasteiger partial charge in [-0.05, 0) is 36.8 Å². The van der Waals surface area contributed by atoms with Gasteiger partial charge >= 0.3 is 0 Å². The Labute approximate surface area is 125 Å². The summed E-state index contributed by atoms with van der Waals surface area (Å²) in [6, 6.07) is 11.0. The van der Waals surface area contributed by atoms with Crippen LogP contribution in [0.15, 0.2) is 47.1 Å². The van der Waals surface area contributed by atoms with Crippen LogP contribution in [0.25, 0.3) is 0 Å². The molecule has 0 saturated heterocycles. The molecule has 98 valence electrons. The third-order valence-electron chi connectivity index (χ3n) is 2.70. The lowest BCUT2D eigenvalue weighted by Crippen LogP contribution is -2.27. The van der Waals surface area contributed by atoms with Crippen LogP contribution in [0.4, 0.5) is 0 Å². The number of hydrogen-bond donors (Lipinski definition) is 1. The average molecular weight is 340 g/mol. The number of nitrogens with zero attached hydrogens (tertiary/aromatic N) is 1. The maximum atomic E-state index is 12.1. The number of pyridine rings is 1. The summed E-state index contributed by atoms with van der Waals surface area (Å²) in [6.45, 7) is 1.92. The molecule has 1 unspecified atom stereocenters. The Bertz CT molecular complexity index is 604. The van der Waals surface area contributed by atoms with E-state index in [1.54, 1.807) is 18.3 Å². The summed E-state index contributed by atoms with van der Waals surface area (Å²) in [5.74, 6) is -0.231. The van der Waals surface area contributed by atoms with Crippen molar-refractivity contribution in [1.29, 1.82) is 0 Å². The van der Waals surface area contributed by atoms with Crippen molar-refractivity contribution in [3.05, 3.63) is 63.3 Å². The lowest BCUT2D eigenvalue weighted by atomic mass is 10.1. The highest BCUT2D eigenvalue weighted by atomic mass is 79.9. The highest BCUT2D eigenvalue weighted by Crippen LogP contribution is 2.19. The Hall–Kier alpha value is -1.39. The molecule has 0 aliphatic carbocycles. The Morgan fingerprint density at radius 1 is 1.37 bits per heavy atom. The summed E-state index contributed by atoms with van der Waals surface area (Å²) in [5, 5.41) is 3.11. The van der Waals surface area contributed by atoms with Crippen LogP contribution in [0.2, 0.25) is 5.15 Å². The van der Waals surface area contributed by atoms with Crippen LogP contribution in [0.3, 0.4) is 0 Å². The highest BCUT2D eigenvalue weighted by molar-refractivity contribution is 9.10. The second-order valence-corrected chi connectivity index (χ2v) is 5.37. The van der Waals surface area contributed by atoms with Crippen LogP contribution in [0.1, 0.15) is 28.9 Å². The smallest absolute Gasteiger partial charge is 0.254 e. The lowest BCUT2D eigenvalue weighted by molar-refractivity contribution is 0.0939. The number of halogens is 2. The third-order valence-corrected chi connectivity index (χ3v) is 3.49. The van der Waals surface area contributed by atoms with E-state index < -0.39 is 0 Å². The van der Waals surface area contributed by atoms with Gasteiger partial charge in [0.2, 0.25) is 0 Å². The quantitative estimate of drug-likeness (QED) is 0.859. The molecule has 3 nitrogen and oxygen atoms in total. The fraction of sp³-hybridized carbons (Fsp3) is 0.143. The van der Waals surface area contributed by atoms with E-state index in [2.05, 4.69) is 26.2 Å². The SMILES string of the molecule is CC(NC(=O)c1cccnc1Cl)c1cccc(Br)c1. The van der Waals surface area contributed by atoms with E-state index in [1.807, 2.05) is 31.2 Å². The van der Waals surface area contributed by atoms with Gasteiger partial charge in [-0.25, -0.2) is 4.98 Å². The van der Waals surface area contributed by atoms with E-state index in [9.17, 15) is 4.79 Å². The second-order valence-electron chi connectivity index (χ2n) is 4.09. The van der Waals surface area contributed by atoms with Crippen molar-refractivity contribution in [3.8, 4) is 0 Å². The van der Waals surface area contributed by atoms with Gasteiger partial charge in [-0.2, -0.15) is 0 Å². The van der Waals surface area contributed by atoms with Gasteiger partial charge in [0.1, 0.15) is 5.15 Å². The fourth-order valence-corrected chi connectivity index (χ4v) is 2.31. The predicted molar refractivity (Wildman–Crippen MR) is 79.3 cm³/mol. The predicted octanol–water partition coefficient (Wildman–Crippen LogP) is 3.99. The molecular formula is C14H12BrClN2O. The third kappa shape index (κ3) is 3.55. The molecule has 1 aromatic carbocycles. The van der Waals surface area contributed by atoms with Gasteiger partial charge in [0.15, 0.2) is 0 Å². The molecule has 1 amide bonds. The van der Waals surface area contributed by atoms with Crippen molar-refractivity contribution in [2.45, 2.75) is 13.0 Å². The topological polar surface area (TPSA) is 42.0 Å². The summed E-state index contributed by atoms with van der Waals surface area (Å²) in [4.78, 5) is 16.0. The van der Waals surface area contributed by atoms with E-state index in [0.717, 1.165) is 10.0 Å². The first-order valence-electron chi connectivity index (χ1n) is 5.75. The van der Waals surface area contributed by atoms with Gasteiger partial charge in [-0.3, -0.25) is 4.79 Å². The monoisotopic (exact) mass is 338 g/mol. The molecule has 1 atom stereocenters. The molecule has 1 heterocycles. The standard InChI is InChI=1S/C14H12BrClN2O/c1-9(10-4-2-5-11(15)8-10)18-14(19)12-6-3-7-17-13(12)16/h2-9H,1H3,(H,18,19). The molecule has 1 N–H and O–H groups in total. The molecule has 0 aliphatic heterocycles. The number of amides is 1. The van der Waals surface area contributed by atoms with E-state index in [-0.39, 0.29) is 17.1 Å². The molecule has 0 saturated carbocycles. The lowest BCUT2D eigenvalue weighted by Gasteiger charge is -2.15. The van der Waals surface area contributed by atoms with Gasteiger partial charge in [0.25, 0.3) is 5.91 Å². The molecule has 19 heavy (non-hydrogen) atoms. The summed E-state index contributed by atoms with van der Waals surface area (Å²) in [6.07, 6.45) is 1.55. The maximum absolute atomic E-state index is 12.1. The van der Waals surface area contributed by atoms with E-state index in [4.69, 9.17) is 11.6 Å². The molecule has 1 aromatic heterocycles. The van der Waals surface area contributed by atoms with Gasteiger partial charge < -0.3 is 5.32 Å². The Morgan fingerprint density at radius 2 is 2.16 bits per heavy atom. The molecule has 5 heteroatoms. The van der Waals surface area contributed by atoms with Crippen LogP contribution < -0.4 is 5.32 Å². The minimum Gasteiger partial charge on any atom is -0.345 e. The Balaban J connectivity index is 2.13. The zero-order chi connectivity index (χ0) is 13.8. The number of carbonyl (C=O) groups excluding carboxylic acids is 1. The Kier molecular flexibility index (Phi) is 4.56. The number of rotatable bonds is 3. The first kappa shape index (κ1) is 14.0. The summed E-state index contributed by atoms with van der Waals surface area (Å²) in [7, 11) is 0. The minimum absolute atomic E-state index is 0.110. The van der Waals surface area contributed by atoms with Crippen LogP contribution in [-0.4, -0.2) is 10.9 Å². The maximum Gasteiger partial charge on any atom is 0.254 e. The van der Waals surface area contributed by atoms with Crippen molar-refractivity contribution < 1.29 is 4.79 Å². The summed E-state index contributed by atoms with van der Waals surface area (Å²) < 4.78 is 0.977. The van der Waals surface area contributed by atoms with E-state index >= 15 is 0 Å². The molecule has 2 rings (SSSR count). The normalized spacial score (nSPS) is 11.9. The van der Waals surface area contributed by atoms with Gasteiger partial charge in [0, 0.05) is 10.7 Å². The van der Waals surface area contributed by atoms with Gasteiger partial charge in [-0.1, -0.05) is 39.7 Å². The zero-order valence-electron chi connectivity index (χ0n) is 10.2. The minimum atomic E-state index is -0.231. The second kappa shape index (κ2) is 6.17. The van der Waals surface area contributed by atoms with E-state index in [1.165, 1.54) is 0 Å². The Morgan fingerprint density at radius 3 is 2.84 bits per heavy atom. The molecular weight excluding hydrogens is 328 g/mol. The first-order valence-corrected chi connectivity index (χ1v) is 6.92. The fourth-order valence-electron chi connectivity index (χ4n) is 1.69. The molecule has 2 aromatic rings. The average Bonchev–Trinajstić information content (AvgIpc) is 2.39. The van der Waals surface area contributed by atoms with Gasteiger partial charge in [0.05, 0.1) is 11.6 Å². The summed E-state index contributed by atoms with van der Waals surface area (Å²) in [5.41, 5.74) is 1.40. The molecule has 0 fully saturated rings. The highest BCUT2D eigenvalue weighted by Gasteiger charge is 2.14. The zero-order valence-corrected chi connectivity index (χ0v) is 12.6. The number of hydrogen-bond acceptors (Lipinski definition) is 2. The van der Waals surface area contributed by atoms with E-state index in [0.29, 0.717) is 5.56 Å². The summed E-state index contributed by atoms with van der Waals surface area (Å²) >= 11 is 9.30. The molecule has 0 aliphatic rings. The largest absolute Gasteiger partial charge is 0.345 e.